The average molecular weight is 440 g/mol. The van der Waals surface area contributed by atoms with Crippen molar-refractivity contribution in [3.63, 3.8) is 0 Å². The molecule has 0 fully saturated rings. The molecule has 1 heterocycles. The third kappa shape index (κ3) is 4.61. The largest absolute Gasteiger partial charge is 0.493 e. The molecular weight excluding hydrogens is 410 g/mol. The Morgan fingerprint density at radius 2 is 1.78 bits per heavy atom. The first-order chi connectivity index (χ1) is 15.3. The highest BCUT2D eigenvalue weighted by Gasteiger charge is 2.20. The summed E-state index contributed by atoms with van der Waals surface area (Å²) in [6, 6.07) is 9.65. The van der Waals surface area contributed by atoms with Crippen molar-refractivity contribution in [2.45, 2.75) is 13.5 Å². The number of anilines is 1. The van der Waals surface area contributed by atoms with Crippen LogP contribution >= 0.6 is 0 Å². The zero-order chi connectivity index (χ0) is 23.4. The maximum Gasteiger partial charge on any atom is 0.286 e. The number of aromatic nitrogens is 2. The molecule has 0 unspecified atom stereocenters. The Bertz CT molecular complexity index is 1200. The van der Waals surface area contributed by atoms with Crippen molar-refractivity contribution in [1.29, 1.82) is 0 Å². The van der Waals surface area contributed by atoms with Crippen molar-refractivity contribution in [3.8, 4) is 17.2 Å². The molecule has 32 heavy (non-hydrogen) atoms. The van der Waals surface area contributed by atoms with E-state index in [0.29, 0.717) is 34.9 Å². The van der Waals surface area contributed by atoms with Crippen LogP contribution in [0.1, 0.15) is 12.5 Å². The Morgan fingerprint density at radius 1 is 1.06 bits per heavy atom. The summed E-state index contributed by atoms with van der Waals surface area (Å²) < 4.78 is 16.2. The Balaban J connectivity index is 1.98. The lowest BCUT2D eigenvalue weighted by atomic mass is 10.2. The molecular formula is C23H29N5O4. The van der Waals surface area contributed by atoms with E-state index in [1.807, 2.05) is 62.1 Å². The van der Waals surface area contributed by atoms with E-state index >= 15 is 0 Å². The molecule has 0 bridgehead atoms. The molecule has 0 aliphatic rings. The topological polar surface area (TPSA) is 92.3 Å². The summed E-state index contributed by atoms with van der Waals surface area (Å²) in [6.45, 7) is 2.49. The molecule has 0 aliphatic heterocycles. The highest BCUT2D eigenvalue weighted by Crippen LogP contribution is 2.41. The lowest BCUT2D eigenvalue weighted by molar-refractivity contribution is 0.327. The molecule has 2 aromatic carbocycles. The van der Waals surface area contributed by atoms with Crippen LogP contribution in [0.25, 0.3) is 10.9 Å². The van der Waals surface area contributed by atoms with E-state index in [1.54, 1.807) is 6.07 Å². The quantitative estimate of drug-likeness (QED) is 0.446. The van der Waals surface area contributed by atoms with Crippen molar-refractivity contribution in [2.24, 2.45) is 4.99 Å². The second-order valence-corrected chi connectivity index (χ2v) is 7.51. The van der Waals surface area contributed by atoms with Gasteiger partial charge in [-0.1, -0.05) is 12.1 Å². The summed E-state index contributed by atoms with van der Waals surface area (Å²) in [5, 5.41) is 0.304. The fourth-order valence-electron chi connectivity index (χ4n) is 3.31. The van der Waals surface area contributed by atoms with E-state index in [9.17, 15) is 4.79 Å². The lowest BCUT2D eigenvalue weighted by Gasteiger charge is -2.20. The third-order valence-electron chi connectivity index (χ3n) is 5.13. The van der Waals surface area contributed by atoms with Crippen LogP contribution in [0, 0.1) is 0 Å². The summed E-state index contributed by atoms with van der Waals surface area (Å²) >= 11 is 0. The highest BCUT2D eigenvalue weighted by molar-refractivity contribution is 5.90. The number of benzene rings is 2. The van der Waals surface area contributed by atoms with Gasteiger partial charge in [0, 0.05) is 33.8 Å². The van der Waals surface area contributed by atoms with Gasteiger partial charge in [0.1, 0.15) is 11.2 Å². The minimum absolute atomic E-state index is 0.284. The zero-order valence-corrected chi connectivity index (χ0v) is 19.5. The smallest absolute Gasteiger partial charge is 0.286 e. The van der Waals surface area contributed by atoms with Gasteiger partial charge in [-0.15, -0.1) is 0 Å². The van der Waals surface area contributed by atoms with Crippen LogP contribution in [0.2, 0.25) is 0 Å². The number of nitrogens with one attached hydrogen (secondary N) is 1. The second-order valence-electron chi connectivity index (χ2n) is 7.51. The van der Waals surface area contributed by atoms with Crippen molar-refractivity contribution in [2.75, 3.05) is 47.4 Å². The average Bonchev–Trinajstić information content (AvgIpc) is 2.77. The predicted molar refractivity (Wildman–Crippen MR) is 127 cm³/mol. The number of methoxy groups -OCH3 is 3. The molecule has 0 radical (unpaired) electrons. The molecule has 1 N–H and O–H groups in total. The highest BCUT2D eigenvalue weighted by atomic mass is 16.5. The molecule has 0 aliphatic carbocycles. The summed E-state index contributed by atoms with van der Waals surface area (Å²) in [4.78, 5) is 28.8. The predicted octanol–water partition coefficient (Wildman–Crippen LogP) is 3.20. The third-order valence-corrected chi connectivity index (χ3v) is 5.13. The van der Waals surface area contributed by atoms with Crippen molar-refractivity contribution < 1.29 is 14.2 Å². The van der Waals surface area contributed by atoms with Crippen LogP contribution < -0.4 is 24.7 Å². The molecule has 1 aromatic heterocycles. The lowest BCUT2D eigenvalue weighted by Crippen LogP contribution is -2.23. The van der Waals surface area contributed by atoms with Gasteiger partial charge in [-0.25, -0.2) is 4.99 Å². The normalized spacial score (nSPS) is 11.4. The van der Waals surface area contributed by atoms with Crippen LogP contribution in [-0.2, 0) is 6.54 Å². The zero-order valence-electron chi connectivity index (χ0n) is 19.5. The van der Waals surface area contributed by atoms with E-state index in [0.717, 1.165) is 17.1 Å². The minimum atomic E-state index is -0.418. The number of aliphatic imine (C=N–C) groups is 1. The Labute approximate surface area is 187 Å². The molecule has 0 spiro atoms. The van der Waals surface area contributed by atoms with E-state index in [1.165, 1.54) is 21.3 Å². The number of fused-ring (bicyclic) bond motifs is 1. The number of ether oxygens (including phenoxy) is 3. The number of H-pyrrole nitrogens is 1. The number of aromatic amines is 1. The van der Waals surface area contributed by atoms with Crippen LogP contribution in [0.5, 0.6) is 17.2 Å². The van der Waals surface area contributed by atoms with Gasteiger partial charge in [0.25, 0.3) is 5.56 Å². The van der Waals surface area contributed by atoms with Gasteiger partial charge in [0.05, 0.1) is 32.5 Å². The van der Waals surface area contributed by atoms with Crippen LogP contribution in [0.15, 0.2) is 40.1 Å². The standard InChI is InChI=1S/C23H29N5O4/c1-14(27(2)3)24-16-10-8-9-15(11-16)13-28(4)23-25-17-12-18(30-5)20(31-6)21(32-7)19(17)22(29)26-23/h8-12H,13H2,1-7H3,(H,25,26,29)/b24-14-. The van der Waals surface area contributed by atoms with Crippen LogP contribution in [0.3, 0.4) is 0 Å². The first-order valence-electron chi connectivity index (χ1n) is 10.0. The summed E-state index contributed by atoms with van der Waals surface area (Å²) in [7, 11) is 10.3. The second kappa shape index (κ2) is 9.59. The monoisotopic (exact) mass is 439 g/mol. The molecule has 0 atom stereocenters. The van der Waals surface area contributed by atoms with Gasteiger partial charge >= 0.3 is 0 Å². The molecule has 0 amide bonds. The number of nitrogens with zero attached hydrogens (tertiary/aromatic N) is 4. The summed E-state index contributed by atoms with van der Waals surface area (Å²) in [5.41, 5.74) is 2.02. The fraction of sp³-hybridized carbons (Fsp3) is 0.348. The minimum Gasteiger partial charge on any atom is -0.493 e. The van der Waals surface area contributed by atoms with E-state index in [4.69, 9.17) is 14.2 Å². The van der Waals surface area contributed by atoms with Gasteiger partial charge in [0.2, 0.25) is 11.7 Å². The van der Waals surface area contributed by atoms with E-state index in [2.05, 4.69) is 15.0 Å². The van der Waals surface area contributed by atoms with Gasteiger partial charge in [-0.2, -0.15) is 4.98 Å². The van der Waals surface area contributed by atoms with Gasteiger partial charge in [-0.05, 0) is 24.6 Å². The molecule has 170 valence electrons. The molecule has 3 rings (SSSR count). The summed E-state index contributed by atoms with van der Waals surface area (Å²) in [6.07, 6.45) is 0. The van der Waals surface area contributed by atoms with Crippen molar-refractivity contribution in [1.82, 2.24) is 14.9 Å². The van der Waals surface area contributed by atoms with Crippen molar-refractivity contribution in [3.05, 3.63) is 46.2 Å². The van der Waals surface area contributed by atoms with Gasteiger partial charge in [-0.3, -0.25) is 4.79 Å². The van der Waals surface area contributed by atoms with Gasteiger partial charge in [0.15, 0.2) is 11.5 Å². The van der Waals surface area contributed by atoms with E-state index in [-0.39, 0.29) is 5.75 Å². The molecule has 9 heteroatoms. The summed E-state index contributed by atoms with van der Waals surface area (Å²) in [5.74, 6) is 2.42. The first-order valence-corrected chi connectivity index (χ1v) is 10.0. The van der Waals surface area contributed by atoms with Crippen molar-refractivity contribution >= 4 is 28.4 Å². The molecule has 3 aromatic rings. The molecule has 0 saturated carbocycles. The number of amidine groups is 1. The van der Waals surface area contributed by atoms with Gasteiger partial charge < -0.3 is 29.0 Å². The van der Waals surface area contributed by atoms with Crippen LogP contribution in [-0.4, -0.2) is 63.2 Å². The Hall–Kier alpha value is -3.75. The first kappa shape index (κ1) is 22.9. The fourth-order valence-corrected chi connectivity index (χ4v) is 3.31. The Kier molecular flexibility index (Phi) is 6.87. The molecule has 0 saturated heterocycles. The maximum atomic E-state index is 12.9. The number of rotatable bonds is 7. The maximum absolute atomic E-state index is 12.9. The van der Waals surface area contributed by atoms with E-state index < -0.39 is 5.56 Å². The molecule has 9 nitrogen and oxygen atoms in total. The van der Waals surface area contributed by atoms with Crippen LogP contribution in [0.4, 0.5) is 11.6 Å². The number of hydrogen-bond donors (Lipinski definition) is 1. The Morgan fingerprint density at radius 3 is 2.41 bits per heavy atom. The number of hydrogen-bond acceptors (Lipinski definition) is 7. The SMILES string of the molecule is COc1cc2[nH]c(N(C)Cc3cccc(/N=C(/C)N(C)C)c3)nc(=O)c2c(OC)c1OC.